The van der Waals surface area contributed by atoms with Gasteiger partial charge < -0.3 is 14.6 Å². The van der Waals surface area contributed by atoms with Gasteiger partial charge in [0.15, 0.2) is 5.16 Å². The van der Waals surface area contributed by atoms with E-state index in [1.165, 1.54) is 37.7 Å². The molecule has 1 aromatic heterocycles. The molecule has 100 valence electrons. The number of hydrogen-bond acceptors (Lipinski definition) is 5. The molecular formula is C11H18N4O2S. The number of carbonyl (C=O) groups is 1. The van der Waals surface area contributed by atoms with Gasteiger partial charge in [0.1, 0.15) is 5.82 Å². The van der Waals surface area contributed by atoms with Crippen LogP contribution in [0.25, 0.3) is 0 Å². The van der Waals surface area contributed by atoms with E-state index in [2.05, 4.69) is 15.1 Å². The molecule has 1 fully saturated rings. The molecule has 0 amide bonds. The van der Waals surface area contributed by atoms with Crippen molar-refractivity contribution in [2.75, 3.05) is 25.4 Å². The summed E-state index contributed by atoms with van der Waals surface area (Å²) in [5, 5.41) is 17.5. The minimum Gasteiger partial charge on any atom is -0.481 e. The lowest BCUT2D eigenvalue weighted by Crippen LogP contribution is -2.23. The van der Waals surface area contributed by atoms with Crippen LogP contribution in [0.15, 0.2) is 5.16 Å². The van der Waals surface area contributed by atoms with E-state index in [1.807, 2.05) is 11.6 Å². The molecular weight excluding hydrogens is 252 g/mol. The Bertz CT molecular complexity index is 415. The molecule has 1 N–H and O–H groups in total. The Balaban J connectivity index is 1.86. The number of hydrogen-bond donors (Lipinski definition) is 1. The van der Waals surface area contributed by atoms with Crippen molar-refractivity contribution in [3.05, 3.63) is 5.82 Å². The van der Waals surface area contributed by atoms with Gasteiger partial charge in [-0.1, -0.05) is 11.8 Å². The van der Waals surface area contributed by atoms with Crippen LogP contribution in [-0.2, 0) is 18.3 Å². The van der Waals surface area contributed by atoms with Crippen molar-refractivity contribution in [3.8, 4) is 0 Å². The van der Waals surface area contributed by atoms with Crippen LogP contribution in [0.1, 0.15) is 18.7 Å². The second-order valence-corrected chi connectivity index (χ2v) is 5.38. The highest BCUT2D eigenvalue weighted by molar-refractivity contribution is 7.99. The van der Waals surface area contributed by atoms with Crippen LogP contribution in [0.2, 0.25) is 0 Å². The van der Waals surface area contributed by atoms with Crippen LogP contribution in [0, 0.1) is 0 Å². The molecule has 0 aliphatic carbocycles. The Labute approximate surface area is 110 Å². The maximum Gasteiger partial charge on any atom is 0.313 e. The highest BCUT2D eigenvalue weighted by Crippen LogP contribution is 2.16. The van der Waals surface area contributed by atoms with Crippen LogP contribution >= 0.6 is 11.8 Å². The van der Waals surface area contributed by atoms with Crippen molar-refractivity contribution in [3.63, 3.8) is 0 Å². The van der Waals surface area contributed by atoms with Crippen molar-refractivity contribution in [2.24, 2.45) is 7.05 Å². The summed E-state index contributed by atoms with van der Waals surface area (Å²) in [6.07, 6.45) is 3.45. The third-order valence-corrected chi connectivity index (χ3v) is 4.11. The Kier molecular flexibility index (Phi) is 4.60. The standard InChI is InChI=1S/C11H18N4O2S/c1-14-9(4-7-15-5-2-3-6-15)12-13-11(14)18-8-10(16)17/h2-8H2,1H3,(H,16,17). The van der Waals surface area contributed by atoms with Gasteiger partial charge in [-0.3, -0.25) is 4.79 Å². The average Bonchev–Trinajstić information content (AvgIpc) is 2.94. The van der Waals surface area contributed by atoms with Gasteiger partial charge >= 0.3 is 5.97 Å². The van der Waals surface area contributed by atoms with Crippen LogP contribution in [0.5, 0.6) is 0 Å². The van der Waals surface area contributed by atoms with Crippen molar-refractivity contribution < 1.29 is 9.90 Å². The van der Waals surface area contributed by atoms with Crippen LogP contribution in [-0.4, -0.2) is 56.1 Å². The second-order valence-electron chi connectivity index (χ2n) is 4.44. The first kappa shape index (κ1) is 13.4. The predicted octanol–water partition coefficient (Wildman–Crippen LogP) is 0.630. The number of aromatic nitrogens is 3. The third kappa shape index (κ3) is 3.46. The molecule has 0 bridgehead atoms. The van der Waals surface area contributed by atoms with Crippen LogP contribution in [0.3, 0.4) is 0 Å². The van der Waals surface area contributed by atoms with E-state index in [0.717, 1.165) is 18.8 Å². The molecule has 0 radical (unpaired) electrons. The molecule has 2 rings (SSSR count). The molecule has 0 atom stereocenters. The molecule has 0 saturated carbocycles. The molecule has 6 nitrogen and oxygen atoms in total. The van der Waals surface area contributed by atoms with E-state index in [0.29, 0.717) is 5.16 Å². The van der Waals surface area contributed by atoms with E-state index >= 15 is 0 Å². The lowest BCUT2D eigenvalue weighted by Gasteiger charge is -2.13. The van der Waals surface area contributed by atoms with Gasteiger partial charge in [-0.15, -0.1) is 10.2 Å². The van der Waals surface area contributed by atoms with Crippen LogP contribution in [0.4, 0.5) is 0 Å². The van der Waals surface area contributed by atoms with Crippen molar-refractivity contribution in [1.29, 1.82) is 0 Å². The zero-order chi connectivity index (χ0) is 13.0. The van der Waals surface area contributed by atoms with Gasteiger partial charge in [-0.25, -0.2) is 0 Å². The highest BCUT2D eigenvalue weighted by Gasteiger charge is 2.14. The molecule has 7 heteroatoms. The quantitative estimate of drug-likeness (QED) is 0.765. The fourth-order valence-corrected chi connectivity index (χ4v) is 2.73. The zero-order valence-electron chi connectivity index (χ0n) is 10.5. The minimum absolute atomic E-state index is 0.0259. The minimum atomic E-state index is -0.832. The second kappa shape index (κ2) is 6.19. The first-order valence-electron chi connectivity index (χ1n) is 6.12. The fraction of sp³-hybridized carbons (Fsp3) is 0.727. The SMILES string of the molecule is Cn1c(CCN2CCCC2)nnc1SCC(=O)O. The number of aliphatic carboxylic acids is 1. The number of nitrogens with zero attached hydrogens (tertiary/aromatic N) is 4. The molecule has 1 aliphatic heterocycles. The summed E-state index contributed by atoms with van der Waals surface area (Å²) in [5.74, 6) is 0.120. The summed E-state index contributed by atoms with van der Waals surface area (Å²) in [4.78, 5) is 12.9. The Morgan fingerprint density at radius 1 is 1.39 bits per heavy atom. The smallest absolute Gasteiger partial charge is 0.313 e. The summed E-state index contributed by atoms with van der Waals surface area (Å²) in [7, 11) is 1.89. The normalized spacial score (nSPS) is 16.3. The first-order chi connectivity index (χ1) is 8.66. The summed E-state index contributed by atoms with van der Waals surface area (Å²) in [6, 6.07) is 0. The molecule has 18 heavy (non-hydrogen) atoms. The summed E-state index contributed by atoms with van der Waals surface area (Å²) < 4.78 is 1.89. The third-order valence-electron chi connectivity index (χ3n) is 3.10. The van der Waals surface area contributed by atoms with E-state index in [4.69, 9.17) is 5.11 Å². The van der Waals surface area contributed by atoms with Gasteiger partial charge in [0.25, 0.3) is 0 Å². The van der Waals surface area contributed by atoms with Crippen molar-refractivity contribution in [1.82, 2.24) is 19.7 Å². The molecule has 1 saturated heterocycles. The lowest BCUT2D eigenvalue weighted by atomic mass is 10.4. The van der Waals surface area contributed by atoms with Gasteiger partial charge in [-0.05, 0) is 25.9 Å². The molecule has 1 aromatic rings. The van der Waals surface area contributed by atoms with E-state index < -0.39 is 5.97 Å². The van der Waals surface area contributed by atoms with Crippen LogP contribution < -0.4 is 0 Å². The number of carboxylic acids is 1. The highest BCUT2D eigenvalue weighted by atomic mass is 32.2. The predicted molar refractivity (Wildman–Crippen MR) is 68.7 cm³/mol. The first-order valence-corrected chi connectivity index (χ1v) is 7.10. The van der Waals surface area contributed by atoms with E-state index in [9.17, 15) is 4.79 Å². The average molecular weight is 270 g/mol. The summed E-state index contributed by atoms with van der Waals surface area (Å²) in [5.41, 5.74) is 0. The molecule has 1 aliphatic rings. The molecule has 0 spiro atoms. The summed E-state index contributed by atoms with van der Waals surface area (Å²) >= 11 is 1.21. The van der Waals surface area contributed by atoms with Gasteiger partial charge in [0, 0.05) is 20.0 Å². The molecule has 0 unspecified atom stereocenters. The number of thioether (sulfide) groups is 1. The van der Waals surface area contributed by atoms with Crippen molar-refractivity contribution >= 4 is 17.7 Å². The maximum atomic E-state index is 10.5. The van der Waals surface area contributed by atoms with Gasteiger partial charge in [0.2, 0.25) is 0 Å². The largest absolute Gasteiger partial charge is 0.481 e. The Morgan fingerprint density at radius 2 is 2.11 bits per heavy atom. The zero-order valence-corrected chi connectivity index (χ0v) is 11.3. The van der Waals surface area contributed by atoms with E-state index in [1.54, 1.807) is 0 Å². The fourth-order valence-electron chi connectivity index (χ4n) is 2.08. The van der Waals surface area contributed by atoms with Gasteiger partial charge in [0.05, 0.1) is 5.75 Å². The number of rotatable bonds is 6. The van der Waals surface area contributed by atoms with Gasteiger partial charge in [-0.2, -0.15) is 0 Å². The monoisotopic (exact) mass is 270 g/mol. The summed E-state index contributed by atoms with van der Waals surface area (Å²) in [6.45, 7) is 3.37. The molecule has 0 aromatic carbocycles. The lowest BCUT2D eigenvalue weighted by molar-refractivity contribution is -0.133. The number of likely N-dealkylation sites (tertiary alicyclic amines) is 1. The molecule has 2 heterocycles. The topological polar surface area (TPSA) is 71.2 Å². The van der Waals surface area contributed by atoms with E-state index in [-0.39, 0.29) is 5.75 Å². The number of carboxylic acid groups (broad SMARTS) is 1. The van der Waals surface area contributed by atoms with Crippen molar-refractivity contribution in [2.45, 2.75) is 24.4 Å². The maximum absolute atomic E-state index is 10.5. The Morgan fingerprint density at radius 3 is 2.78 bits per heavy atom. The Hall–Kier alpha value is -1.08.